The van der Waals surface area contributed by atoms with E-state index in [0.29, 0.717) is 0 Å². The second-order valence-electron chi connectivity index (χ2n) is 3.37. The molecule has 0 fully saturated rings. The Kier molecular flexibility index (Phi) is 4.47. The van der Waals surface area contributed by atoms with E-state index in [4.69, 9.17) is 0 Å². The molecule has 2 heteroatoms. The number of aliphatic hydroxyl groups excluding tert-OH is 1. The minimum absolute atomic E-state index is 0.121. The zero-order valence-electron chi connectivity index (χ0n) is 9.03. The van der Waals surface area contributed by atoms with Crippen molar-refractivity contribution in [1.29, 1.82) is 0 Å². The summed E-state index contributed by atoms with van der Waals surface area (Å²) in [5, 5.41) is 9.20. The molecule has 0 aliphatic rings. The van der Waals surface area contributed by atoms with Crippen LogP contribution in [-0.2, 0) is 6.61 Å². The molecule has 78 valence electrons. The fourth-order valence-corrected chi connectivity index (χ4v) is 1.67. The summed E-state index contributed by atoms with van der Waals surface area (Å²) in [5.41, 5.74) is 2.18. The Morgan fingerprint density at radius 3 is 2.50 bits per heavy atom. The van der Waals surface area contributed by atoms with Crippen LogP contribution in [-0.4, -0.2) is 18.2 Å². The second kappa shape index (κ2) is 5.66. The summed E-state index contributed by atoms with van der Waals surface area (Å²) in [7, 11) is 0. The van der Waals surface area contributed by atoms with Crippen molar-refractivity contribution in [3.8, 4) is 0 Å². The summed E-state index contributed by atoms with van der Waals surface area (Å²) in [5.74, 6) is 0. The molecular formula is C12H19NO. The molecule has 0 bridgehead atoms. The number of aliphatic hydroxyl groups is 1. The van der Waals surface area contributed by atoms with Gasteiger partial charge in [0.25, 0.3) is 0 Å². The highest BCUT2D eigenvalue weighted by Gasteiger charge is 2.06. The van der Waals surface area contributed by atoms with Crippen LogP contribution in [0, 0.1) is 0 Å². The predicted molar refractivity (Wildman–Crippen MR) is 60.5 cm³/mol. The first-order valence-corrected chi connectivity index (χ1v) is 5.27. The average molecular weight is 193 g/mol. The van der Waals surface area contributed by atoms with Gasteiger partial charge in [-0.2, -0.15) is 0 Å². The van der Waals surface area contributed by atoms with Crippen LogP contribution in [0.2, 0.25) is 0 Å². The van der Waals surface area contributed by atoms with Gasteiger partial charge in [0.1, 0.15) is 0 Å². The highest BCUT2D eigenvalue weighted by Crippen LogP contribution is 2.20. The van der Waals surface area contributed by atoms with Gasteiger partial charge in [0.2, 0.25) is 0 Å². The summed E-state index contributed by atoms with van der Waals surface area (Å²) >= 11 is 0. The molecule has 1 rings (SSSR count). The maximum Gasteiger partial charge on any atom is 0.0702 e. The summed E-state index contributed by atoms with van der Waals surface area (Å²) in [6.45, 7) is 6.47. The molecule has 0 heterocycles. The average Bonchev–Trinajstić information content (AvgIpc) is 2.26. The molecule has 0 spiro atoms. The van der Waals surface area contributed by atoms with Crippen LogP contribution >= 0.6 is 0 Å². The topological polar surface area (TPSA) is 23.5 Å². The molecular weight excluding hydrogens is 174 g/mol. The molecule has 0 saturated carbocycles. The first-order chi connectivity index (χ1) is 6.83. The van der Waals surface area contributed by atoms with Crippen molar-refractivity contribution >= 4 is 5.69 Å². The number of nitrogens with zero attached hydrogens (tertiary/aromatic N) is 1. The van der Waals surface area contributed by atoms with E-state index in [1.54, 1.807) is 0 Å². The Bertz CT molecular complexity index is 273. The molecule has 0 amide bonds. The third-order valence-corrected chi connectivity index (χ3v) is 2.38. The molecule has 2 nitrogen and oxygen atoms in total. The first-order valence-electron chi connectivity index (χ1n) is 5.27. The lowest BCUT2D eigenvalue weighted by Crippen LogP contribution is -2.24. The first kappa shape index (κ1) is 11.1. The third-order valence-electron chi connectivity index (χ3n) is 2.38. The van der Waals surface area contributed by atoms with Crippen molar-refractivity contribution in [2.45, 2.75) is 26.9 Å². The van der Waals surface area contributed by atoms with Crippen molar-refractivity contribution < 1.29 is 5.11 Å². The third kappa shape index (κ3) is 2.48. The van der Waals surface area contributed by atoms with Gasteiger partial charge in [-0.25, -0.2) is 0 Å². The number of para-hydroxylation sites is 1. The van der Waals surface area contributed by atoms with E-state index < -0.39 is 0 Å². The smallest absolute Gasteiger partial charge is 0.0702 e. The van der Waals surface area contributed by atoms with Crippen molar-refractivity contribution in [2.24, 2.45) is 0 Å². The lowest BCUT2D eigenvalue weighted by atomic mass is 10.1. The molecule has 0 saturated heterocycles. The van der Waals surface area contributed by atoms with Crippen LogP contribution in [0.3, 0.4) is 0 Å². The van der Waals surface area contributed by atoms with Crippen molar-refractivity contribution in [2.75, 3.05) is 18.0 Å². The SMILES string of the molecule is CCCN(CC)c1ccccc1CO. The molecule has 1 aromatic carbocycles. The van der Waals surface area contributed by atoms with Gasteiger partial charge >= 0.3 is 0 Å². The summed E-state index contributed by atoms with van der Waals surface area (Å²) in [4.78, 5) is 2.30. The highest BCUT2D eigenvalue weighted by molar-refractivity contribution is 5.53. The largest absolute Gasteiger partial charge is 0.392 e. The Hall–Kier alpha value is -1.02. The fourth-order valence-electron chi connectivity index (χ4n) is 1.67. The van der Waals surface area contributed by atoms with Crippen LogP contribution in [0.1, 0.15) is 25.8 Å². The maximum absolute atomic E-state index is 9.20. The number of benzene rings is 1. The van der Waals surface area contributed by atoms with Crippen LogP contribution in [0.5, 0.6) is 0 Å². The summed E-state index contributed by atoms with van der Waals surface area (Å²) in [6, 6.07) is 8.04. The van der Waals surface area contributed by atoms with Gasteiger partial charge in [-0.05, 0) is 19.4 Å². The molecule has 0 aromatic heterocycles. The number of anilines is 1. The van der Waals surface area contributed by atoms with E-state index in [0.717, 1.165) is 25.1 Å². The van der Waals surface area contributed by atoms with E-state index in [-0.39, 0.29) is 6.61 Å². The van der Waals surface area contributed by atoms with Crippen LogP contribution < -0.4 is 4.90 Å². The molecule has 1 N–H and O–H groups in total. The Morgan fingerprint density at radius 2 is 1.93 bits per heavy atom. The van der Waals surface area contributed by atoms with Crippen molar-refractivity contribution in [1.82, 2.24) is 0 Å². The van der Waals surface area contributed by atoms with Gasteiger partial charge in [0.15, 0.2) is 0 Å². The highest BCUT2D eigenvalue weighted by atomic mass is 16.3. The van der Waals surface area contributed by atoms with Crippen molar-refractivity contribution in [3.63, 3.8) is 0 Å². The summed E-state index contributed by atoms with van der Waals surface area (Å²) < 4.78 is 0. The van der Waals surface area contributed by atoms with Gasteiger partial charge in [0.05, 0.1) is 6.61 Å². The molecule has 0 aliphatic heterocycles. The van der Waals surface area contributed by atoms with Crippen molar-refractivity contribution in [3.05, 3.63) is 29.8 Å². The van der Waals surface area contributed by atoms with Gasteiger partial charge < -0.3 is 10.0 Å². The quantitative estimate of drug-likeness (QED) is 0.776. The lowest BCUT2D eigenvalue weighted by molar-refractivity contribution is 0.282. The fraction of sp³-hybridized carbons (Fsp3) is 0.500. The Labute approximate surface area is 86.2 Å². The molecule has 0 aliphatic carbocycles. The Morgan fingerprint density at radius 1 is 1.21 bits per heavy atom. The normalized spacial score (nSPS) is 10.2. The standard InChI is InChI=1S/C12H19NO/c1-3-9-13(4-2)12-8-6-5-7-11(12)10-14/h5-8,14H,3-4,9-10H2,1-2H3. The summed E-state index contributed by atoms with van der Waals surface area (Å²) in [6.07, 6.45) is 1.13. The van der Waals surface area contributed by atoms with E-state index in [2.05, 4.69) is 24.8 Å². The molecule has 0 unspecified atom stereocenters. The minimum atomic E-state index is 0.121. The predicted octanol–water partition coefficient (Wildman–Crippen LogP) is 2.42. The van der Waals surface area contributed by atoms with Gasteiger partial charge in [-0.15, -0.1) is 0 Å². The van der Waals surface area contributed by atoms with Crippen LogP contribution in [0.4, 0.5) is 5.69 Å². The van der Waals surface area contributed by atoms with E-state index in [1.165, 1.54) is 5.69 Å². The van der Waals surface area contributed by atoms with Gasteiger partial charge in [-0.1, -0.05) is 25.1 Å². The van der Waals surface area contributed by atoms with Gasteiger partial charge in [0, 0.05) is 24.3 Å². The Balaban J connectivity index is 2.90. The molecule has 14 heavy (non-hydrogen) atoms. The zero-order chi connectivity index (χ0) is 10.4. The monoisotopic (exact) mass is 193 g/mol. The van der Waals surface area contributed by atoms with Crippen LogP contribution in [0.25, 0.3) is 0 Å². The second-order valence-corrected chi connectivity index (χ2v) is 3.37. The minimum Gasteiger partial charge on any atom is -0.392 e. The van der Waals surface area contributed by atoms with E-state index >= 15 is 0 Å². The zero-order valence-corrected chi connectivity index (χ0v) is 9.03. The van der Waals surface area contributed by atoms with E-state index in [9.17, 15) is 5.11 Å². The van der Waals surface area contributed by atoms with E-state index in [1.807, 2.05) is 18.2 Å². The van der Waals surface area contributed by atoms with Crippen LogP contribution in [0.15, 0.2) is 24.3 Å². The lowest BCUT2D eigenvalue weighted by Gasteiger charge is -2.24. The number of hydrogen-bond donors (Lipinski definition) is 1. The van der Waals surface area contributed by atoms with Gasteiger partial charge in [-0.3, -0.25) is 0 Å². The molecule has 0 radical (unpaired) electrons. The number of rotatable bonds is 5. The molecule has 0 atom stereocenters. The molecule has 1 aromatic rings. The number of hydrogen-bond acceptors (Lipinski definition) is 2. The maximum atomic E-state index is 9.20.